The van der Waals surface area contributed by atoms with E-state index in [1.807, 2.05) is 7.05 Å². The van der Waals surface area contributed by atoms with Gasteiger partial charge in [-0.05, 0) is 30.7 Å². The number of nitrogens with one attached hydrogen (secondary N) is 1. The van der Waals surface area contributed by atoms with Gasteiger partial charge in [-0.25, -0.2) is 0 Å². The Morgan fingerprint density at radius 3 is 3.20 bits per heavy atom. The quantitative estimate of drug-likeness (QED) is 0.747. The third-order valence-corrected chi connectivity index (χ3v) is 2.70. The van der Waals surface area contributed by atoms with Crippen LogP contribution in [0.2, 0.25) is 0 Å². The van der Waals surface area contributed by atoms with Crippen molar-refractivity contribution in [2.45, 2.75) is 13.0 Å². The number of rotatable bonds is 3. The molecule has 2 heteroatoms. The Hall–Kier alpha value is -1.46. The number of nitrogens with zero attached hydrogens (tertiary/aromatic N) is 1. The molecule has 1 heterocycles. The van der Waals surface area contributed by atoms with Gasteiger partial charge in [0.05, 0.1) is 6.54 Å². The molecular formula is C13H16N2. The fraction of sp³-hybridized carbons (Fsp3) is 0.385. The van der Waals surface area contributed by atoms with Gasteiger partial charge in [-0.1, -0.05) is 18.1 Å². The van der Waals surface area contributed by atoms with E-state index in [1.165, 1.54) is 16.8 Å². The second-order valence-electron chi connectivity index (χ2n) is 4.04. The lowest BCUT2D eigenvalue weighted by Crippen LogP contribution is -2.17. The molecule has 0 saturated heterocycles. The zero-order valence-electron chi connectivity index (χ0n) is 9.09. The summed E-state index contributed by atoms with van der Waals surface area (Å²) in [5.74, 6) is 2.65. The van der Waals surface area contributed by atoms with E-state index in [9.17, 15) is 0 Å². The van der Waals surface area contributed by atoms with Gasteiger partial charge in [-0.15, -0.1) is 6.42 Å². The summed E-state index contributed by atoms with van der Waals surface area (Å²) in [6, 6.07) is 6.64. The molecule has 0 aromatic heterocycles. The Morgan fingerprint density at radius 1 is 1.53 bits per heavy atom. The second-order valence-corrected chi connectivity index (χ2v) is 4.04. The maximum atomic E-state index is 5.27. The van der Waals surface area contributed by atoms with E-state index in [1.54, 1.807) is 0 Å². The van der Waals surface area contributed by atoms with Crippen molar-refractivity contribution in [1.82, 2.24) is 4.90 Å². The van der Waals surface area contributed by atoms with E-state index < -0.39 is 0 Å². The van der Waals surface area contributed by atoms with E-state index in [2.05, 4.69) is 34.3 Å². The van der Waals surface area contributed by atoms with E-state index in [0.29, 0.717) is 6.54 Å². The van der Waals surface area contributed by atoms with Gasteiger partial charge in [-0.3, -0.25) is 4.90 Å². The summed E-state index contributed by atoms with van der Waals surface area (Å²) in [5, 5.41) is 3.39. The summed E-state index contributed by atoms with van der Waals surface area (Å²) in [6.07, 6.45) is 6.42. The van der Waals surface area contributed by atoms with E-state index in [-0.39, 0.29) is 0 Å². The summed E-state index contributed by atoms with van der Waals surface area (Å²) in [6.45, 7) is 2.68. The van der Waals surface area contributed by atoms with Crippen molar-refractivity contribution in [3.63, 3.8) is 0 Å². The fourth-order valence-electron chi connectivity index (χ4n) is 1.96. The molecule has 1 aliphatic heterocycles. The normalized spacial score (nSPS) is 13.4. The molecule has 1 N–H and O–H groups in total. The van der Waals surface area contributed by atoms with Crippen molar-refractivity contribution in [3.8, 4) is 12.3 Å². The summed E-state index contributed by atoms with van der Waals surface area (Å²) in [5.41, 5.74) is 4.04. The van der Waals surface area contributed by atoms with Crippen LogP contribution < -0.4 is 5.32 Å². The third-order valence-electron chi connectivity index (χ3n) is 2.70. The van der Waals surface area contributed by atoms with Crippen LogP contribution in [0.25, 0.3) is 0 Å². The summed E-state index contributed by atoms with van der Waals surface area (Å²) in [7, 11) is 2.04. The number of anilines is 1. The number of hydrogen-bond donors (Lipinski definition) is 1. The molecule has 0 spiro atoms. The van der Waals surface area contributed by atoms with Crippen LogP contribution in [0.4, 0.5) is 5.69 Å². The Balaban J connectivity index is 2.07. The Morgan fingerprint density at radius 2 is 2.40 bits per heavy atom. The maximum absolute atomic E-state index is 5.27. The largest absolute Gasteiger partial charge is 0.384 e. The molecular weight excluding hydrogens is 184 g/mol. The van der Waals surface area contributed by atoms with Gasteiger partial charge in [-0.2, -0.15) is 0 Å². The highest BCUT2D eigenvalue weighted by Gasteiger charge is 2.10. The summed E-state index contributed by atoms with van der Waals surface area (Å²) in [4.78, 5) is 2.14. The molecule has 2 nitrogen and oxygen atoms in total. The van der Waals surface area contributed by atoms with Gasteiger partial charge < -0.3 is 5.32 Å². The average molecular weight is 200 g/mol. The highest BCUT2D eigenvalue weighted by Crippen LogP contribution is 2.23. The Kier molecular flexibility index (Phi) is 2.94. The zero-order valence-corrected chi connectivity index (χ0v) is 9.09. The lowest BCUT2D eigenvalue weighted by Gasteiger charge is -2.13. The monoisotopic (exact) mass is 200 g/mol. The van der Waals surface area contributed by atoms with Crippen LogP contribution in [0, 0.1) is 12.3 Å². The molecule has 1 aliphatic rings. The molecule has 0 saturated carbocycles. The number of hydrogen-bond acceptors (Lipinski definition) is 2. The zero-order chi connectivity index (χ0) is 10.7. The molecule has 0 atom stereocenters. The van der Waals surface area contributed by atoms with Crippen LogP contribution in [-0.2, 0) is 13.0 Å². The lowest BCUT2D eigenvalue weighted by molar-refractivity contribution is 0.369. The number of terminal acetylenes is 1. The van der Waals surface area contributed by atoms with Crippen molar-refractivity contribution >= 4 is 5.69 Å². The van der Waals surface area contributed by atoms with Crippen molar-refractivity contribution in [3.05, 3.63) is 29.3 Å². The van der Waals surface area contributed by atoms with Crippen molar-refractivity contribution in [2.24, 2.45) is 0 Å². The molecule has 0 amide bonds. The van der Waals surface area contributed by atoms with Crippen LogP contribution in [-0.4, -0.2) is 25.0 Å². The summed E-state index contributed by atoms with van der Waals surface area (Å²) < 4.78 is 0. The van der Waals surface area contributed by atoms with Gasteiger partial charge in [0.2, 0.25) is 0 Å². The first-order chi connectivity index (χ1) is 7.29. The molecule has 0 fully saturated rings. The van der Waals surface area contributed by atoms with E-state index >= 15 is 0 Å². The minimum atomic E-state index is 0.699. The number of fused-ring (bicyclic) bond motifs is 1. The van der Waals surface area contributed by atoms with Crippen LogP contribution >= 0.6 is 0 Å². The third kappa shape index (κ3) is 2.31. The first-order valence-electron chi connectivity index (χ1n) is 5.27. The summed E-state index contributed by atoms with van der Waals surface area (Å²) >= 11 is 0. The molecule has 0 aliphatic carbocycles. The molecule has 0 radical (unpaired) electrons. The minimum absolute atomic E-state index is 0.699. The molecule has 2 rings (SSSR count). The highest BCUT2D eigenvalue weighted by atomic mass is 15.1. The van der Waals surface area contributed by atoms with Gasteiger partial charge >= 0.3 is 0 Å². The smallest absolute Gasteiger partial charge is 0.0599 e. The second kappa shape index (κ2) is 4.37. The SMILES string of the molecule is C#CCN(C)Cc1ccc2c(c1)NCC2. The first kappa shape index (κ1) is 10.1. The lowest BCUT2D eigenvalue weighted by atomic mass is 10.1. The predicted octanol–water partition coefficient (Wildman–Crippen LogP) is 1.72. The van der Waals surface area contributed by atoms with Gasteiger partial charge in [0, 0.05) is 18.8 Å². The topological polar surface area (TPSA) is 15.3 Å². The van der Waals surface area contributed by atoms with Crippen LogP contribution in [0.5, 0.6) is 0 Å². The molecule has 78 valence electrons. The molecule has 0 bridgehead atoms. The standard InChI is InChI=1S/C13H16N2/c1-3-8-15(2)10-11-4-5-12-6-7-14-13(12)9-11/h1,4-5,9,14H,6-8,10H2,2H3. The van der Waals surface area contributed by atoms with Crippen LogP contribution in [0.1, 0.15) is 11.1 Å². The van der Waals surface area contributed by atoms with Gasteiger partial charge in [0.25, 0.3) is 0 Å². The Bertz CT molecular complexity index is 390. The highest BCUT2D eigenvalue weighted by molar-refractivity contribution is 5.56. The minimum Gasteiger partial charge on any atom is -0.384 e. The number of benzene rings is 1. The van der Waals surface area contributed by atoms with Crippen molar-refractivity contribution in [2.75, 3.05) is 25.5 Å². The van der Waals surface area contributed by atoms with E-state index in [0.717, 1.165) is 19.5 Å². The van der Waals surface area contributed by atoms with Crippen LogP contribution in [0.15, 0.2) is 18.2 Å². The van der Waals surface area contributed by atoms with Crippen molar-refractivity contribution in [1.29, 1.82) is 0 Å². The van der Waals surface area contributed by atoms with E-state index in [4.69, 9.17) is 6.42 Å². The van der Waals surface area contributed by atoms with Gasteiger partial charge in [0.15, 0.2) is 0 Å². The van der Waals surface area contributed by atoms with Crippen LogP contribution in [0.3, 0.4) is 0 Å². The maximum Gasteiger partial charge on any atom is 0.0599 e. The average Bonchev–Trinajstić information content (AvgIpc) is 2.65. The van der Waals surface area contributed by atoms with Crippen molar-refractivity contribution < 1.29 is 0 Å². The molecule has 1 aromatic rings. The molecule has 0 unspecified atom stereocenters. The Labute approximate surface area is 91.3 Å². The van der Waals surface area contributed by atoms with Gasteiger partial charge in [0.1, 0.15) is 0 Å². The molecule has 15 heavy (non-hydrogen) atoms. The predicted molar refractivity (Wildman–Crippen MR) is 63.8 cm³/mol. The molecule has 1 aromatic carbocycles. The fourth-order valence-corrected chi connectivity index (χ4v) is 1.96. The first-order valence-corrected chi connectivity index (χ1v) is 5.27.